The van der Waals surface area contributed by atoms with Gasteiger partial charge >= 0.3 is 0 Å². The van der Waals surface area contributed by atoms with Crippen LogP contribution in [0.15, 0.2) is 15.2 Å². The molecule has 18 heavy (non-hydrogen) atoms. The Morgan fingerprint density at radius 2 is 2.28 bits per heavy atom. The maximum Gasteiger partial charge on any atom is 0.244 e. The highest BCUT2D eigenvalue weighted by Crippen LogP contribution is 2.30. The van der Waals surface area contributed by atoms with Gasteiger partial charge in [0.2, 0.25) is 5.91 Å². The smallest absolute Gasteiger partial charge is 0.244 e. The molecule has 1 atom stereocenters. The van der Waals surface area contributed by atoms with Gasteiger partial charge in [-0.2, -0.15) is 5.26 Å². The first-order valence-electron chi connectivity index (χ1n) is 5.63. The second-order valence-corrected chi connectivity index (χ2v) is 6.02. The first-order chi connectivity index (χ1) is 8.47. The molecular formula is C12H16BrN3OS. The van der Waals surface area contributed by atoms with Crippen LogP contribution in [0.1, 0.15) is 20.3 Å². The number of thiophene rings is 1. The lowest BCUT2D eigenvalue weighted by molar-refractivity contribution is -0.120. The third kappa shape index (κ3) is 3.80. The van der Waals surface area contributed by atoms with Crippen LogP contribution in [-0.2, 0) is 4.79 Å². The van der Waals surface area contributed by atoms with Gasteiger partial charge in [0.15, 0.2) is 0 Å². The molecule has 1 aromatic heterocycles. The Labute approximate surface area is 120 Å². The molecular weight excluding hydrogens is 314 g/mol. The summed E-state index contributed by atoms with van der Waals surface area (Å²) in [5, 5.41) is 12.6. The normalized spacial score (nSPS) is 12.2. The molecule has 0 unspecified atom stereocenters. The van der Waals surface area contributed by atoms with Crippen molar-refractivity contribution in [2.45, 2.75) is 26.3 Å². The fourth-order valence-corrected chi connectivity index (χ4v) is 3.12. The Morgan fingerprint density at radius 3 is 2.72 bits per heavy atom. The zero-order valence-electron chi connectivity index (χ0n) is 10.4. The molecule has 1 aromatic rings. The van der Waals surface area contributed by atoms with Crippen LogP contribution in [0.2, 0.25) is 0 Å². The molecule has 98 valence electrons. The van der Waals surface area contributed by atoms with Crippen molar-refractivity contribution in [1.29, 1.82) is 5.26 Å². The van der Waals surface area contributed by atoms with E-state index in [0.29, 0.717) is 18.0 Å². The van der Waals surface area contributed by atoms with E-state index < -0.39 is 6.04 Å². The monoisotopic (exact) mass is 329 g/mol. The van der Waals surface area contributed by atoms with E-state index in [2.05, 4.69) is 15.9 Å². The summed E-state index contributed by atoms with van der Waals surface area (Å²) in [6.45, 7) is 4.05. The molecule has 0 saturated carbocycles. The number of rotatable bonds is 5. The first kappa shape index (κ1) is 15.2. The Kier molecular flexibility index (Phi) is 5.79. The summed E-state index contributed by atoms with van der Waals surface area (Å²) in [7, 11) is 0. The standard InChI is InChI=1S/C12H16BrN3OS/c1-8(2)5-10(15)12(17)16(4-3-14)11-7-18-6-9(11)13/h6-8,10H,4-5,15H2,1-2H3/t10-/m0/s1. The molecule has 0 spiro atoms. The lowest BCUT2D eigenvalue weighted by atomic mass is 10.0. The minimum Gasteiger partial charge on any atom is -0.320 e. The van der Waals surface area contributed by atoms with Crippen LogP contribution in [0.25, 0.3) is 0 Å². The Hall–Kier alpha value is -0.900. The highest BCUT2D eigenvalue weighted by atomic mass is 79.9. The molecule has 1 amide bonds. The molecule has 0 fully saturated rings. The SMILES string of the molecule is CC(C)C[C@H](N)C(=O)N(CC#N)c1cscc1Br. The van der Waals surface area contributed by atoms with Crippen LogP contribution in [-0.4, -0.2) is 18.5 Å². The van der Waals surface area contributed by atoms with E-state index in [0.717, 1.165) is 4.47 Å². The van der Waals surface area contributed by atoms with E-state index in [1.807, 2.05) is 30.7 Å². The van der Waals surface area contributed by atoms with Gasteiger partial charge in [0.05, 0.1) is 22.3 Å². The molecule has 0 bridgehead atoms. The summed E-state index contributed by atoms with van der Waals surface area (Å²) in [6, 6.07) is 1.44. The van der Waals surface area contributed by atoms with Crippen molar-refractivity contribution in [3.63, 3.8) is 0 Å². The van der Waals surface area contributed by atoms with Crippen molar-refractivity contribution in [3.8, 4) is 6.07 Å². The number of amides is 1. The van der Waals surface area contributed by atoms with Gasteiger partial charge in [0, 0.05) is 10.8 Å². The van der Waals surface area contributed by atoms with Crippen molar-refractivity contribution in [2.75, 3.05) is 11.4 Å². The predicted molar refractivity (Wildman–Crippen MR) is 77.4 cm³/mol. The fourth-order valence-electron chi connectivity index (χ4n) is 1.63. The van der Waals surface area contributed by atoms with Gasteiger partial charge in [0.1, 0.15) is 6.54 Å². The number of halogens is 1. The molecule has 0 saturated heterocycles. The largest absolute Gasteiger partial charge is 0.320 e. The minimum absolute atomic E-state index is 0.0139. The maximum atomic E-state index is 12.3. The quantitative estimate of drug-likeness (QED) is 0.844. The minimum atomic E-state index is -0.565. The molecule has 1 rings (SSSR count). The van der Waals surface area contributed by atoms with Crippen LogP contribution >= 0.6 is 27.3 Å². The second-order valence-electron chi connectivity index (χ2n) is 4.42. The van der Waals surface area contributed by atoms with Gasteiger partial charge in [0.25, 0.3) is 0 Å². The van der Waals surface area contributed by atoms with Gasteiger partial charge in [-0.3, -0.25) is 9.69 Å². The van der Waals surface area contributed by atoms with Crippen molar-refractivity contribution >= 4 is 38.9 Å². The van der Waals surface area contributed by atoms with Crippen molar-refractivity contribution in [2.24, 2.45) is 11.7 Å². The van der Waals surface area contributed by atoms with Gasteiger partial charge in [-0.1, -0.05) is 13.8 Å². The van der Waals surface area contributed by atoms with Crippen LogP contribution in [0.3, 0.4) is 0 Å². The van der Waals surface area contributed by atoms with Crippen LogP contribution in [0, 0.1) is 17.2 Å². The molecule has 2 N–H and O–H groups in total. The predicted octanol–water partition coefficient (Wildman–Crippen LogP) is 2.74. The van der Waals surface area contributed by atoms with Crippen LogP contribution in [0.4, 0.5) is 5.69 Å². The Bertz CT molecular complexity index is 452. The molecule has 0 aromatic carbocycles. The average molecular weight is 330 g/mol. The van der Waals surface area contributed by atoms with Gasteiger partial charge in [-0.05, 0) is 28.3 Å². The van der Waals surface area contributed by atoms with Crippen molar-refractivity contribution in [3.05, 3.63) is 15.2 Å². The molecule has 0 aliphatic rings. The van der Waals surface area contributed by atoms with E-state index in [1.54, 1.807) is 0 Å². The lowest BCUT2D eigenvalue weighted by Crippen LogP contribution is -2.44. The number of nitrogens with two attached hydrogens (primary N) is 1. The van der Waals surface area contributed by atoms with Crippen LogP contribution < -0.4 is 10.6 Å². The van der Waals surface area contributed by atoms with E-state index in [1.165, 1.54) is 16.2 Å². The summed E-state index contributed by atoms with van der Waals surface area (Å²) >= 11 is 4.84. The molecule has 0 radical (unpaired) electrons. The maximum absolute atomic E-state index is 12.3. The summed E-state index contributed by atoms with van der Waals surface area (Å²) in [5.41, 5.74) is 6.61. The number of nitriles is 1. The molecule has 0 aliphatic carbocycles. The summed E-state index contributed by atoms with van der Waals surface area (Å²) in [5.74, 6) is 0.142. The summed E-state index contributed by atoms with van der Waals surface area (Å²) in [6.07, 6.45) is 0.614. The first-order valence-corrected chi connectivity index (χ1v) is 7.36. The van der Waals surface area contributed by atoms with Crippen molar-refractivity contribution < 1.29 is 4.79 Å². The highest BCUT2D eigenvalue weighted by Gasteiger charge is 2.24. The van der Waals surface area contributed by atoms with E-state index in [4.69, 9.17) is 11.0 Å². The molecule has 1 heterocycles. The molecule has 4 nitrogen and oxygen atoms in total. The number of carbonyl (C=O) groups is 1. The molecule has 6 heteroatoms. The number of anilines is 1. The topological polar surface area (TPSA) is 70.1 Å². The third-order valence-corrected chi connectivity index (χ3v) is 4.09. The van der Waals surface area contributed by atoms with Gasteiger partial charge in [-0.25, -0.2) is 0 Å². The third-order valence-electron chi connectivity index (χ3n) is 2.42. The van der Waals surface area contributed by atoms with E-state index in [9.17, 15) is 4.79 Å². The zero-order chi connectivity index (χ0) is 13.7. The van der Waals surface area contributed by atoms with Gasteiger partial charge < -0.3 is 5.73 Å². The zero-order valence-corrected chi connectivity index (χ0v) is 12.8. The second kappa shape index (κ2) is 6.88. The van der Waals surface area contributed by atoms with Crippen molar-refractivity contribution in [1.82, 2.24) is 0 Å². The van der Waals surface area contributed by atoms with Gasteiger partial charge in [-0.15, -0.1) is 11.3 Å². The van der Waals surface area contributed by atoms with Crippen LogP contribution in [0.5, 0.6) is 0 Å². The molecule has 0 aliphatic heterocycles. The lowest BCUT2D eigenvalue weighted by Gasteiger charge is -2.23. The highest BCUT2D eigenvalue weighted by molar-refractivity contribution is 9.10. The average Bonchev–Trinajstić information content (AvgIpc) is 2.70. The fraction of sp³-hybridized carbons (Fsp3) is 0.500. The number of hydrogen-bond donors (Lipinski definition) is 1. The number of nitrogens with zero attached hydrogens (tertiary/aromatic N) is 2. The number of hydrogen-bond acceptors (Lipinski definition) is 4. The summed E-state index contributed by atoms with van der Waals surface area (Å²) in [4.78, 5) is 13.7. The van der Waals surface area contributed by atoms with E-state index in [-0.39, 0.29) is 12.5 Å². The Balaban J connectivity index is 2.90. The van der Waals surface area contributed by atoms with E-state index >= 15 is 0 Å². The Morgan fingerprint density at radius 1 is 1.61 bits per heavy atom. The number of carbonyl (C=O) groups excluding carboxylic acids is 1. The summed E-state index contributed by atoms with van der Waals surface area (Å²) < 4.78 is 0.813.